The number of hydrogen-bond donors (Lipinski definition) is 1. The summed E-state index contributed by atoms with van der Waals surface area (Å²) in [4.78, 5) is 0. The zero-order chi connectivity index (χ0) is 14.1. The Morgan fingerprint density at radius 1 is 1.26 bits per heavy atom. The number of nitrogens with zero attached hydrogens (tertiary/aromatic N) is 2. The van der Waals surface area contributed by atoms with Crippen LogP contribution in [0.2, 0.25) is 0 Å². The van der Waals surface area contributed by atoms with Crippen molar-refractivity contribution < 1.29 is 9.47 Å². The Morgan fingerprint density at radius 2 is 2.05 bits per heavy atom. The van der Waals surface area contributed by atoms with E-state index in [0.717, 1.165) is 32.7 Å². The van der Waals surface area contributed by atoms with Crippen LogP contribution in [-0.4, -0.2) is 42.2 Å². The molecule has 0 fully saturated rings. The average molecular weight is 269 g/mol. The molecule has 110 valence electrons. The molecule has 0 spiro atoms. The van der Waals surface area contributed by atoms with Gasteiger partial charge in [-0.25, -0.2) is 0 Å². The Hall–Kier alpha value is -0.910. The quantitative estimate of drug-likeness (QED) is 0.695. The summed E-state index contributed by atoms with van der Waals surface area (Å²) in [5.74, 6) is 0. The molecule has 1 heterocycles. The molecular weight excluding hydrogens is 242 g/mol. The van der Waals surface area contributed by atoms with Crippen molar-refractivity contribution in [3.63, 3.8) is 0 Å². The molecule has 0 saturated heterocycles. The highest BCUT2D eigenvalue weighted by Crippen LogP contribution is 2.04. The van der Waals surface area contributed by atoms with Crippen LogP contribution in [0.1, 0.15) is 32.9 Å². The maximum Gasteiger partial charge on any atom is 0.0662 e. The summed E-state index contributed by atoms with van der Waals surface area (Å²) in [7, 11) is 1.71. The summed E-state index contributed by atoms with van der Waals surface area (Å²) in [6.07, 6.45) is 2.78. The van der Waals surface area contributed by atoms with Gasteiger partial charge in [-0.05, 0) is 33.3 Å². The Morgan fingerprint density at radius 3 is 2.74 bits per heavy atom. The molecular formula is C14H27N3O2. The molecule has 1 aromatic rings. The fraction of sp³-hybridized carbons (Fsp3) is 0.786. The van der Waals surface area contributed by atoms with Crippen LogP contribution in [0.5, 0.6) is 0 Å². The van der Waals surface area contributed by atoms with Crippen LogP contribution < -0.4 is 5.32 Å². The van der Waals surface area contributed by atoms with E-state index in [-0.39, 0.29) is 5.54 Å². The van der Waals surface area contributed by atoms with E-state index in [1.54, 1.807) is 7.11 Å². The number of methoxy groups -OCH3 is 1. The average Bonchev–Trinajstić information content (AvgIpc) is 2.78. The van der Waals surface area contributed by atoms with Gasteiger partial charge in [-0.3, -0.25) is 4.68 Å². The van der Waals surface area contributed by atoms with Gasteiger partial charge in [0.1, 0.15) is 0 Å². The van der Waals surface area contributed by atoms with Crippen molar-refractivity contribution in [3.8, 4) is 0 Å². The highest BCUT2D eigenvalue weighted by molar-refractivity contribution is 5.00. The lowest BCUT2D eigenvalue weighted by Gasteiger charge is -2.20. The lowest BCUT2D eigenvalue weighted by Crippen LogP contribution is -2.35. The van der Waals surface area contributed by atoms with E-state index >= 15 is 0 Å². The summed E-state index contributed by atoms with van der Waals surface area (Å²) in [5.41, 5.74) is 1.31. The third-order valence-electron chi connectivity index (χ3n) is 2.69. The van der Waals surface area contributed by atoms with E-state index in [0.29, 0.717) is 6.61 Å². The maximum absolute atomic E-state index is 5.55. The van der Waals surface area contributed by atoms with E-state index in [2.05, 4.69) is 31.2 Å². The van der Waals surface area contributed by atoms with Gasteiger partial charge in [-0.15, -0.1) is 0 Å². The Balaban J connectivity index is 2.25. The van der Waals surface area contributed by atoms with Crippen molar-refractivity contribution in [3.05, 3.63) is 18.0 Å². The van der Waals surface area contributed by atoms with Gasteiger partial charge < -0.3 is 14.8 Å². The second kappa shape index (κ2) is 8.30. The summed E-state index contributed by atoms with van der Waals surface area (Å²) < 4.78 is 12.5. The van der Waals surface area contributed by atoms with E-state index in [9.17, 15) is 0 Å². The van der Waals surface area contributed by atoms with E-state index in [4.69, 9.17) is 9.47 Å². The van der Waals surface area contributed by atoms with Crippen molar-refractivity contribution >= 4 is 0 Å². The van der Waals surface area contributed by atoms with Crippen molar-refractivity contribution in [2.45, 2.75) is 45.8 Å². The molecule has 0 aliphatic heterocycles. The molecule has 1 rings (SSSR count). The Bertz CT molecular complexity index is 345. The lowest BCUT2D eigenvalue weighted by atomic mass is 10.1. The number of hydrogen-bond acceptors (Lipinski definition) is 4. The normalized spacial score (nSPS) is 12.0. The van der Waals surface area contributed by atoms with Gasteiger partial charge in [0.25, 0.3) is 0 Å². The molecule has 0 atom stereocenters. The molecule has 0 unspecified atom stereocenters. The Labute approximate surface area is 116 Å². The largest absolute Gasteiger partial charge is 0.385 e. The molecule has 0 saturated carbocycles. The van der Waals surface area contributed by atoms with Crippen LogP contribution in [0.3, 0.4) is 0 Å². The molecule has 1 N–H and O–H groups in total. The highest BCUT2D eigenvalue weighted by Gasteiger charge is 2.10. The highest BCUT2D eigenvalue weighted by atomic mass is 16.5. The Kier molecular flexibility index (Phi) is 7.05. The van der Waals surface area contributed by atoms with Crippen LogP contribution in [0.15, 0.2) is 12.3 Å². The minimum absolute atomic E-state index is 0.117. The zero-order valence-corrected chi connectivity index (χ0v) is 12.6. The molecule has 0 amide bonds. The summed E-state index contributed by atoms with van der Waals surface area (Å²) >= 11 is 0. The van der Waals surface area contributed by atoms with Gasteiger partial charge in [0, 0.05) is 38.6 Å². The van der Waals surface area contributed by atoms with Gasteiger partial charge >= 0.3 is 0 Å². The molecule has 5 nitrogen and oxygen atoms in total. The van der Waals surface area contributed by atoms with Crippen LogP contribution in [-0.2, 0) is 22.6 Å². The summed E-state index contributed by atoms with van der Waals surface area (Å²) in [6, 6.07) is 2.05. The van der Waals surface area contributed by atoms with Gasteiger partial charge in [0.2, 0.25) is 0 Å². The van der Waals surface area contributed by atoms with E-state index in [1.807, 2.05) is 16.9 Å². The number of rotatable bonds is 9. The fourth-order valence-corrected chi connectivity index (χ4v) is 1.63. The topological polar surface area (TPSA) is 48.3 Å². The third kappa shape index (κ3) is 7.30. The minimum atomic E-state index is 0.117. The first-order valence-corrected chi connectivity index (χ1v) is 6.85. The number of aromatic nitrogens is 2. The molecule has 5 heteroatoms. The van der Waals surface area contributed by atoms with Gasteiger partial charge in [-0.1, -0.05) is 0 Å². The summed E-state index contributed by atoms with van der Waals surface area (Å²) in [5, 5.41) is 7.79. The first kappa shape index (κ1) is 16.1. The van der Waals surface area contributed by atoms with Crippen molar-refractivity contribution in [1.82, 2.24) is 15.1 Å². The molecule has 0 aromatic carbocycles. The predicted octanol–water partition coefficient (Wildman–Crippen LogP) is 1.82. The van der Waals surface area contributed by atoms with Crippen molar-refractivity contribution in [2.75, 3.05) is 26.9 Å². The minimum Gasteiger partial charge on any atom is -0.385 e. The zero-order valence-electron chi connectivity index (χ0n) is 12.6. The van der Waals surface area contributed by atoms with Gasteiger partial charge in [0.15, 0.2) is 0 Å². The van der Waals surface area contributed by atoms with Gasteiger partial charge in [0.05, 0.1) is 18.8 Å². The smallest absolute Gasteiger partial charge is 0.0662 e. The third-order valence-corrected chi connectivity index (χ3v) is 2.69. The van der Waals surface area contributed by atoms with Crippen LogP contribution in [0.25, 0.3) is 0 Å². The number of nitrogens with one attached hydrogen (secondary N) is 1. The predicted molar refractivity (Wildman–Crippen MR) is 76.1 cm³/mol. The SMILES string of the molecule is COCCCOCCn1nccc1CNC(C)(C)C. The molecule has 0 radical (unpaired) electrons. The standard InChI is InChI=1S/C14H27N3O2/c1-14(2,3)15-12-13-6-7-16-17(13)8-11-19-10-5-9-18-4/h6-7,15H,5,8-12H2,1-4H3. The van der Waals surface area contributed by atoms with Crippen LogP contribution >= 0.6 is 0 Å². The first-order valence-electron chi connectivity index (χ1n) is 6.85. The first-order chi connectivity index (χ1) is 9.03. The molecule has 0 aliphatic rings. The van der Waals surface area contributed by atoms with Crippen LogP contribution in [0.4, 0.5) is 0 Å². The maximum atomic E-state index is 5.55. The van der Waals surface area contributed by atoms with Crippen molar-refractivity contribution in [2.24, 2.45) is 0 Å². The number of ether oxygens (including phenoxy) is 2. The monoisotopic (exact) mass is 269 g/mol. The second-order valence-electron chi connectivity index (χ2n) is 5.61. The molecule has 0 bridgehead atoms. The second-order valence-corrected chi connectivity index (χ2v) is 5.61. The lowest BCUT2D eigenvalue weighted by molar-refractivity contribution is 0.0956. The van der Waals surface area contributed by atoms with Crippen LogP contribution in [0, 0.1) is 0 Å². The van der Waals surface area contributed by atoms with Crippen molar-refractivity contribution in [1.29, 1.82) is 0 Å². The fourth-order valence-electron chi connectivity index (χ4n) is 1.63. The molecule has 1 aromatic heterocycles. The molecule has 19 heavy (non-hydrogen) atoms. The van der Waals surface area contributed by atoms with Gasteiger partial charge in [-0.2, -0.15) is 5.10 Å². The summed E-state index contributed by atoms with van der Waals surface area (Å²) in [6.45, 7) is 10.3. The van der Waals surface area contributed by atoms with E-state index < -0.39 is 0 Å². The van der Waals surface area contributed by atoms with E-state index in [1.165, 1.54) is 5.69 Å². The molecule has 0 aliphatic carbocycles.